The molecular formula is C14H23N. The van der Waals surface area contributed by atoms with Crippen LogP contribution < -0.4 is 5.73 Å². The first-order valence-electron chi connectivity index (χ1n) is 6.12. The maximum absolute atomic E-state index is 6.13. The van der Waals surface area contributed by atoms with Crippen LogP contribution in [0.25, 0.3) is 0 Å². The van der Waals surface area contributed by atoms with Gasteiger partial charge >= 0.3 is 0 Å². The minimum Gasteiger partial charge on any atom is -0.324 e. The van der Waals surface area contributed by atoms with Crippen molar-refractivity contribution in [3.63, 3.8) is 0 Å². The van der Waals surface area contributed by atoms with E-state index in [1.165, 1.54) is 30.4 Å². The van der Waals surface area contributed by atoms with Gasteiger partial charge in [-0.2, -0.15) is 0 Å². The molecule has 0 aromatic heterocycles. The average Bonchev–Trinajstić information content (AvgIpc) is 2.29. The largest absolute Gasteiger partial charge is 0.324 e. The number of nitrogens with two attached hydrogens (primary N) is 1. The van der Waals surface area contributed by atoms with Crippen molar-refractivity contribution < 1.29 is 0 Å². The predicted molar refractivity (Wildman–Crippen MR) is 66.9 cm³/mol. The molecule has 0 aliphatic heterocycles. The van der Waals surface area contributed by atoms with E-state index in [1.807, 2.05) is 0 Å². The summed E-state index contributed by atoms with van der Waals surface area (Å²) >= 11 is 0. The molecule has 0 spiro atoms. The average molecular weight is 205 g/mol. The molecule has 0 fully saturated rings. The zero-order valence-corrected chi connectivity index (χ0v) is 10.00. The highest BCUT2D eigenvalue weighted by Gasteiger charge is 2.04. The van der Waals surface area contributed by atoms with Gasteiger partial charge in [0, 0.05) is 6.04 Å². The molecule has 0 saturated carbocycles. The SMILES string of the molecule is CCCCC[C@H](N)c1ccc(CC)cc1. The maximum atomic E-state index is 6.13. The van der Waals surface area contributed by atoms with Crippen molar-refractivity contribution in [1.82, 2.24) is 0 Å². The number of benzene rings is 1. The molecule has 1 aromatic carbocycles. The molecule has 0 amide bonds. The summed E-state index contributed by atoms with van der Waals surface area (Å²) in [5.41, 5.74) is 8.80. The lowest BCUT2D eigenvalue weighted by molar-refractivity contribution is 0.581. The van der Waals surface area contributed by atoms with Crippen LogP contribution in [0.2, 0.25) is 0 Å². The van der Waals surface area contributed by atoms with Crippen LogP contribution in [0, 0.1) is 0 Å². The van der Waals surface area contributed by atoms with Crippen LogP contribution in [0.15, 0.2) is 24.3 Å². The summed E-state index contributed by atoms with van der Waals surface area (Å²) in [6, 6.07) is 8.96. The Hall–Kier alpha value is -0.820. The molecule has 0 bridgehead atoms. The van der Waals surface area contributed by atoms with Crippen LogP contribution in [-0.4, -0.2) is 0 Å². The predicted octanol–water partition coefficient (Wildman–Crippen LogP) is 3.83. The molecule has 1 nitrogen and oxygen atoms in total. The summed E-state index contributed by atoms with van der Waals surface area (Å²) < 4.78 is 0. The first kappa shape index (κ1) is 12.3. The van der Waals surface area contributed by atoms with Gasteiger partial charge in [-0.3, -0.25) is 0 Å². The van der Waals surface area contributed by atoms with E-state index < -0.39 is 0 Å². The van der Waals surface area contributed by atoms with Crippen molar-refractivity contribution in [3.05, 3.63) is 35.4 Å². The Morgan fingerprint density at radius 1 is 1.07 bits per heavy atom. The summed E-state index contributed by atoms with van der Waals surface area (Å²) in [6.07, 6.45) is 6.01. The van der Waals surface area contributed by atoms with Gasteiger partial charge in [-0.25, -0.2) is 0 Å². The molecule has 1 aromatic rings. The fraction of sp³-hybridized carbons (Fsp3) is 0.571. The summed E-state index contributed by atoms with van der Waals surface area (Å²) in [4.78, 5) is 0. The number of hydrogen-bond acceptors (Lipinski definition) is 1. The molecule has 1 atom stereocenters. The van der Waals surface area contributed by atoms with Crippen LogP contribution in [0.1, 0.15) is 56.7 Å². The minimum atomic E-state index is 0.224. The standard InChI is InChI=1S/C14H23N/c1-3-5-6-7-14(15)13-10-8-12(4-2)9-11-13/h8-11,14H,3-7,15H2,1-2H3/t14-/m0/s1. The van der Waals surface area contributed by atoms with E-state index in [-0.39, 0.29) is 6.04 Å². The third kappa shape index (κ3) is 4.05. The second-order valence-corrected chi connectivity index (χ2v) is 4.20. The lowest BCUT2D eigenvalue weighted by Gasteiger charge is -2.12. The Labute approximate surface area is 93.7 Å². The second-order valence-electron chi connectivity index (χ2n) is 4.20. The van der Waals surface area contributed by atoms with E-state index in [0.29, 0.717) is 0 Å². The Kier molecular flexibility index (Phi) is 5.41. The van der Waals surface area contributed by atoms with Crippen LogP contribution >= 0.6 is 0 Å². The van der Waals surface area contributed by atoms with Gasteiger partial charge < -0.3 is 5.73 Å². The molecule has 2 N–H and O–H groups in total. The zero-order chi connectivity index (χ0) is 11.1. The van der Waals surface area contributed by atoms with Gasteiger partial charge in [0.2, 0.25) is 0 Å². The third-order valence-corrected chi connectivity index (χ3v) is 2.93. The fourth-order valence-corrected chi connectivity index (χ4v) is 1.78. The maximum Gasteiger partial charge on any atom is 0.0294 e. The van der Waals surface area contributed by atoms with Crippen molar-refractivity contribution in [3.8, 4) is 0 Å². The molecule has 0 heterocycles. The molecular weight excluding hydrogens is 182 g/mol. The topological polar surface area (TPSA) is 26.0 Å². The summed E-state index contributed by atoms with van der Waals surface area (Å²) in [7, 11) is 0. The van der Waals surface area contributed by atoms with Crippen LogP contribution in [0.4, 0.5) is 0 Å². The number of rotatable bonds is 6. The Morgan fingerprint density at radius 3 is 2.27 bits per heavy atom. The van der Waals surface area contributed by atoms with Gasteiger partial charge in [0.15, 0.2) is 0 Å². The highest BCUT2D eigenvalue weighted by molar-refractivity contribution is 5.24. The molecule has 0 aliphatic rings. The fourth-order valence-electron chi connectivity index (χ4n) is 1.78. The zero-order valence-electron chi connectivity index (χ0n) is 10.00. The smallest absolute Gasteiger partial charge is 0.0294 e. The first-order valence-corrected chi connectivity index (χ1v) is 6.12. The van der Waals surface area contributed by atoms with E-state index in [2.05, 4.69) is 38.1 Å². The van der Waals surface area contributed by atoms with Crippen molar-refractivity contribution in [2.75, 3.05) is 0 Å². The Balaban J connectivity index is 2.46. The summed E-state index contributed by atoms with van der Waals surface area (Å²) in [6.45, 7) is 4.40. The van der Waals surface area contributed by atoms with Gasteiger partial charge in [-0.15, -0.1) is 0 Å². The van der Waals surface area contributed by atoms with Crippen LogP contribution in [0.5, 0.6) is 0 Å². The third-order valence-electron chi connectivity index (χ3n) is 2.93. The van der Waals surface area contributed by atoms with Gasteiger partial charge in [0.1, 0.15) is 0 Å². The van der Waals surface area contributed by atoms with Crippen molar-refractivity contribution in [2.45, 2.75) is 52.0 Å². The molecule has 1 rings (SSSR count). The highest BCUT2D eigenvalue weighted by Crippen LogP contribution is 2.17. The lowest BCUT2D eigenvalue weighted by Crippen LogP contribution is -2.09. The summed E-state index contributed by atoms with van der Waals surface area (Å²) in [5.74, 6) is 0. The monoisotopic (exact) mass is 205 g/mol. The van der Waals surface area contributed by atoms with Gasteiger partial charge in [-0.1, -0.05) is 57.4 Å². The van der Waals surface area contributed by atoms with Crippen molar-refractivity contribution >= 4 is 0 Å². The van der Waals surface area contributed by atoms with Crippen LogP contribution in [0.3, 0.4) is 0 Å². The highest BCUT2D eigenvalue weighted by atomic mass is 14.6. The quantitative estimate of drug-likeness (QED) is 0.702. The number of aryl methyl sites for hydroxylation is 1. The van der Waals surface area contributed by atoms with E-state index in [0.717, 1.165) is 12.8 Å². The molecule has 0 radical (unpaired) electrons. The Morgan fingerprint density at radius 2 is 1.73 bits per heavy atom. The van der Waals surface area contributed by atoms with E-state index in [1.54, 1.807) is 0 Å². The molecule has 0 saturated heterocycles. The number of hydrogen-bond donors (Lipinski definition) is 1. The van der Waals surface area contributed by atoms with Gasteiger partial charge in [-0.05, 0) is 24.0 Å². The molecule has 0 aliphatic carbocycles. The van der Waals surface area contributed by atoms with Crippen molar-refractivity contribution in [2.24, 2.45) is 5.73 Å². The van der Waals surface area contributed by atoms with Gasteiger partial charge in [0.25, 0.3) is 0 Å². The second kappa shape index (κ2) is 6.62. The molecule has 0 unspecified atom stereocenters. The Bertz CT molecular complexity index is 263. The van der Waals surface area contributed by atoms with Crippen LogP contribution in [-0.2, 0) is 6.42 Å². The van der Waals surface area contributed by atoms with E-state index in [4.69, 9.17) is 5.73 Å². The lowest BCUT2D eigenvalue weighted by atomic mass is 10.00. The van der Waals surface area contributed by atoms with E-state index >= 15 is 0 Å². The molecule has 84 valence electrons. The molecule has 1 heteroatoms. The first-order chi connectivity index (χ1) is 7.27. The van der Waals surface area contributed by atoms with Crippen molar-refractivity contribution in [1.29, 1.82) is 0 Å². The van der Waals surface area contributed by atoms with Gasteiger partial charge in [0.05, 0.1) is 0 Å². The van der Waals surface area contributed by atoms with E-state index in [9.17, 15) is 0 Å². The summed E-state index contributed by atoms with van der Waals surface area (Å²) in [5, 5.41) is 0. The number of unbranched alkanes of at least 4 members (excludes halogenated alkanes) is 2. The normalized spacial score (nSPS) is 12.7. The minimum absolute atomic E-state index is 0.224. The molecule has 15 heavy (non-hydrogen) atoms.